The first-order chi connectivity index (χ1) is 17.4. The molecule has 0 saturated carbocycles. The van der Waals surface area contributed by atoms with Crippen molar-refractivity contribution in [1.82, 2.24) is 19.4 Å². The molecule has 4 aromatic rings. The Kier molecular flexibility index (Phi) is 6.51. The van der Waals surface area contributed by atoms with Gasteiger partial charge in [0.1, 0.15) is 18.1 Å². The summed E-state index contributed by atoms with van der Waals surface area (Å²) in [7, 11) is 7.73. The number of methoxy groups -OCH3 is 1. The molecule has 10 heteroatoms. The lowest BCUT2D eigenvalue weighted by atomic mass is 10.1. The van der Waals surface area contributed by atoms with Crippen LogP contribution in [-0.2, 0) is 6.54 Å². The van der Waals surface area contributed by atoms with E-state index in [9.17, 15) is 0 Å². The number of benzene rings is 2. The fraction of sp³-hybridized carbons (Fsp3) is 0.308. The van der Waals surface area contributed by atoms with Crippen molar-refractivity contribution < 1.29 is 9.47 Å². The summed E-state index contributed by atoms with van der Waals surface area (Å²) in [6, 6.07) is 9.79. The van der Waals surface area contributed by atoms with Crippen LogP contribution < -0.4 is 25.4 Å². The van der Waals surface area contributed by atoms with Crippen LogP contribution in [0.15, 0.2) is 42.7 Å². The predicted octanol–water partition coefficient (Wildman–Crippen LogP) is 4.48. The van der Waals surface area contributed by atoms with Gasteiger partial charge in [0.2, 0.25) is 5.95 Å². The average molecular weight is 508 g/mol. The SMILES string of the molecule is COc1cc(N(C)CCN(C)C)c(N)cc1Nc1ncc(Cl)c(-c2cn3c4c(cccc24)OCC3)n1. The Labute approximate surface area is 215 Å². The van der Waals surface area contributed by atoms with Crippen LogP contribution >= 0.6 is 11.6 Å². The van der Waals surface area contributed by atoms with Gasteiger partial charge in [-0.05, 0) is 26.2 Å². The molecule has 9 nitrogen and oxygen atoms in total. The molecular weight excluding hydrogens is 478 g/mol. The monoisotopic (exact) mass is 507 g/mol. The summed E-state index contributed by atoms with van der Waals surface area (Å²) in [6.45, 7) is 3.14. The zero-order valence-corrected chi connectivity index (χ0v) is 21.6. The van der Waals surface area contributed by atoms with Crippen molar-refractivity contribution in [3.05, 3.63) is 47.7 Å². The van der Waals surface area contributed by atoms with Crippen molar-refractivity contribution in [2.75, 3.05) is 63.9 Å². The van der Waals surface area contributed by atoms with Gasteiger partial charge in [-0.25, -0.2) is 9.97 Å². The summed E-state index contributed by atoms with van der Waals surface area (Å²) in [6.07, 6.45) is 3.68. The fourth-order valence-electron chi connectivity index (χ4n) is 4.45. The number of hydrogen-bond donors (Lipinski definition) is 2. The average Bonchev–Trinajstić information content (AvgIpc) is 3.24. The van der Waals surface area contributed by atoms with E-state index in [4.69, 9.17) is 31.8 Å². The standard InChI is InChI=1S/C26H30ClN7O2/c1-32(2)8-9-33(3)21-13-23(35-4)20(12-19(21)28)30-26-29-14-18(27)24(31-26)17-15-34-10-11-36-22-7-5-6-16(17)25(22)34/h5-7,12-15H,8-11,28H2,1-4H3,(H,29,30,31). The summed E-state index contributed by atoms with van der Waals surface area (Å²) in [5.74, 6) is 1.90. The maximum absolute atomic E-state index is 6.59. The Balaban J connectivity index is 1.49. The maximum atomic E-state index is 6.59. The Bertz CT molecular complexity index is 1420. The van der Waals surface area contributed by atoms with Crippen molar-refractivity contribution in [2.45, 2.75) is 6.54 Å². The molecule has 0 unspecified atom stereocenters. The lowest BCUT2D eigenvalue weighted by Gasteiger charge is -2.24. The van der Waals surface area contributed by atoms with Gasteiger partial charge in [0, 0.05) is 43.4 Å². The van der Waals surface area contributed by atoms with E-state index in [-0.39, 0.29) is 0 Å². The Morgan fingerprint density at radius 3 is 2.83 bits per heavy atom. The minimum absolute atomic E-state index is 0.393. The van der Waals surface area contributed by atoms with E-state index >= 15 is 0 Å². The van der Waals surface area contributed by atoms with Crippen LogP contribution in [0, 0.1) is 0 Å². The van der Waals surface area contributed by atoms with E-state index in [1.165, 1.54) is 0 Å². The number of likely N-dealkylation sites (N-methyl/N-ethyl adjacent to an activating group) is 2. The van der Waals surface area contributed by atoms with E-state index in [0.29, 0.717) is 40.4 Å². The number of aromatic nitrogens is 3. The van der Waals surface area contributed by atoms with Gasteiger partial charge in [-0.1, -0.05) is 23.7 Å². The highest BCUT2D eigenvalue weighted by atomic mass is 35.5. The van der Waals surface area contributed by atoms with Gasteiger partial charge in [-0.15, -0.1) is 0 Å². The molecule has 188 valence electrons. The molecule has 3 N–H and O–H groups in total. The summed E-state index contributed by atoms with van der Waals surface area (Å²) < 4.78 is 13.7. The Morgan fingerprint density at radius 2 is 2.06 bits per heavy atom. The van der Waals surface area contributed by atoms with E-state index < -0.39 is 0 Å². The first kappa shape index (κ1) is 24.0. The molecular formula is C26H30ClN7O2. The molecule has 5 rings (SSSR count). The molecule has 0 saturated heterocycles. The van der Waals surface area contributed by atoms with Gasteiger partial charge < -0.3 is 34.9 Å². The quantitative estimate of drug-likeness (QED) is 0.337. The number of nitrogens with two attached hydrogens (primary N) is 1. The van der Waals surface area contributed by atoms with Gasteiger partial charge in [0.15, 0.2) is 0 Å². The van der Waals surface area contributed by atoms with E-state index in [1.807, 2.05) is 45.4 Å². The molecule has 1 aliphatic rings. The highest BCUT2D eigenvalue weighted by Gasteiger charge is 2.21. The molecule has 1 aliphatic heterocycles. The molecule has 0 bridgehead atoms. The lowest BCUT2D eigenvalue weighted by Crippen LogP contribution is -2.29. The minimum atomic E-state index is 0.393. The molecule has 0 atom stereocenters. The van der Waals surface area contributed by atoms with Crippen LogP contribution in [0.2, 0.25) is 5.02 Å². The van der Waals surface area contributed by atoms with Gasteiger partial charge in [0.25, 0.3) is 0 Å². The van der Waals surface area contributed by atoms with Crippen LogP contribution in [0.1, 0.15) is 0 Å². The van der Waals surface area contributed by atoms with Crippen molar-refractivity contribution >= 4 is 45.5 Å². The molecule has 0 amide bonds. The molecule has 0 fully saturated rings. The second-order valence-electron chi connectivity index (χ2n) is 9.09. The van der Waals surface area contributed by atoms with Crippen LogP contribution in [-0.4, -0.2) is 67.4 Å². The first-order valence-electron chi connectivity index (χ1n) is 11.7. The molecule has 0 radical (unpaired) electrons. The summed E-state index contributed by atoms with van der Waals surface area (Å²) in [5, 5.41) is 4.77. The van der Waals surface area contributed by atoms with Gasteiger partial charge in [-0.3, -0.25) is 0 Å². The van der Waals surface area contributed by atoms with Crippen molar-refractivity contribution in [3.63, 3.8) is 0 Å². The predicted molar refractivity (Wildman–Crippen MR) is 146 cm³/mol. The smallest absolute Gasteiger partial charge is 0.227 e. The largest absolute Gasteiger partial charge is 0.494 e. The number of rotatable bonds is 8. The zero-order chi connectivity index (χ0) is 25.4. The fourth-order valence-corrected chi connectivity index (χ4v) is 4.64. The van der Waals surface area contributed by atoms with Gasteiger partial charge >= 0.3 is 0 Å². The third-order valence-corrected chi connectivity index (χ3v) is 6.62. The molecule has 0 aliphatic carbocycles. The summed E-state index contributed by atoms with van der Waals surface area (Å²) >= 11 is 6.59. The Hall–Kier alpha value is -3.69. The number of nitrogens with zero attached hydrogens (tertiary/aromatic N) is 5. The third kappa shape index (κ3) is 4.47. The maximum Gasteiger partial charge on any atom is 0.227 e. The van der Waals surface area contributed by atoms with Crippen molar-refractivity contribution in [3.8, 4) is 22.8 Å². The van der Waals surface area contributed by atoms with E-state index in [2.05, 4.69) is 36.9 Å². The first-order valence-corrected chi connectivity index (χ1v) is 12.1. The molecule has 3 heterocycles. The van der Waals surface area contributed by atoms with Crippen LogP contribution in [0.3, 0.4) is 0 Å². The minimum Gasteiger partial charge on any atom is -0.494 e. The topological polar surface area (TPSA) is 93.7 Å². The normalized spacial score (nSPS) is 12.6. The molecule has 36 heavy (non-hydrogen) atoms. The number of ether oxygens (including phenoxy) is 2. The van der Waals surface area contributed by atoms with E-state index in [1.54, 1.807) is 13.3 Å². The number of para-hydroxylation sites is 1. The second kappa shape index (κ2) is 9.75. The van der Waals surface area contributed by atoms with Gasteiger partial charge in [-0.2, -0.15) is 0 Å². The number of anilines is 4. The summed E-state index contributed by atoms with van der Waals surface area (Å²) in [4.78, 5) is 13.4. The van der Waals surface area contributed by atoms with Crippen LogP contribution in [0.25, 0.3) is 22.2 Å². The highest BCUT2D eigenvalue weighted by molar-refractivity contribution is 6.33. The zero-order valence-electron chi connectivity index (χ0n) is 20.9. The second-order valence-corrected chi connectivity index (χ2v) is 9.50. The number of hydrogen-bond acceptors (Lipinski definition) is 8. The highest BCUT2D eigenvalue weighted by Crippen LogP contribution is 2.40. The Morgan fingerprint density at radius 1 is 1.22 bits per heavy atom. The van der Waals surface area contributed by atoms with Crippen molar-refractivity contribution in [1.29, 1.82) is 0 Å². The molecule has 2 aromatic heterocycles. The van der Waals surface area contributed by atoms with Crippen LogP contribution in [0.5, 0.6) is 11.5 Å². The van der Waals surface area contributed by atoms with E-state index in [0.717, 1.165) is 47.5 Å². The number of halogens is 1. The third-order valence-electron chi connectivity index (χ3n) is 6.34. The van der Waals surface area contributed by atoms with Crippen molar-refractivity contribution in [2.24, 2.45) is 0 Å². The summed E-state index contributed by atoms with van der Waals surface area (Å²) in [5.41, 5.74) is 11.2. The molecule has 2 aromatic carbocycles. The van der Waals surface area contributed by atoms with Crippen LogP contribution in [0.4, 0.5) is 23.0 Å². The molecule has 0 spiro atoms. The lowest BCUT2D eigenvalue weighted by molar-refractivity contribution is 0.287. The number of nitrogen functional groups attached to an aromatic ring is 1. The van der Waals surface area contributed by atoms with Gasteiger partial charge in [0.05, 0.1) is 53.1 Å². The number of nitrogens with one attached hydrogen (secondary N) is 1.